The zero-order valence-electron chi connectivity index (χ0n) is 24.0. The van der Waals surface area contributed by atoms with Gasteiger partial charge in [0.05, 0.1) is 24.1 Å². The summed E-state index contributed by atoms with van der Waals surface area (Å²) in [4.78, 5) is 31.8. The monoisotopic (exact) mass is 570 g/mol. The van der Waals surface area contributed by atoms with Crippen LogP contribution in [0.15, 0.2) is 28.8 Å². The minimum atomic E-state index is -0.619. The summed E-state index contributed by atoms with van der Waals surface area (Å²) in [6.45, 7) is 7.33. The average Bonchev–Trinajstić information content (AvgIpc) is 3.31. The number of carbonyl (C=O) groups is 2. The lowest BCUT2D eigenvalue weighted by Gasteiger charge is -2.32. The number of aliphatic hydroxyl groups excluding tert-OH is 1. The average molecular weight is 571 g/mol. The highest BCUT2D eigenvalue weighted by molar-refractivity contribution is 5.74. The van der Waals surface area contributed by atoms with Crippen LogP contribution in [0.1, 0.15) is 29.9 Å². The Bertz CT molecular complexity index is 1290. The van der Waals surface area contributed by atoms with Gasteiger partial charge in [0.1, 0.15) is 30.0 Å². The number of aryl methyl sites for hydroxylation is 2. The zero-order valence-corrected chi connectivity index (χ0v) is 24.0. The molecule has 0 aliphatic carbocycles. The number of piperidine rings is 1. The smallest absolute Gasteiger partial charge is 0.409 e. The molecule has 1 unspecified atom stereocenters. The van der Waals surface area contributed by atoms with Crippen LogP contribution in [-0.4, -0.2) is 95.3 Å². The van der Waals surface area contributed by atoms with E-state index in [1.807, 2.05) is 45.0 Å². The largest absolute Gasteiger partial charge is 0.491 e. The van der Waals surface area contributed by atoms with Crippen molar-refractivity contribution in [2.45, 2.75) is 45.8 Å². The quantitative estimate of drug-likeness (QED) is 0.278. The Kier molecular flexibility index (Phi) is 11.4. The Morgan fingerprint density at radius 2 is 1.95 bits per heavy atom. The van der Waals surface area contributed by atoms with E-state index in [1.165, 1.54) is 7.11 Å². The van der Waals surface area contributed by atoms with Gasteiger partial charge in [0, 0.05) is 36.8 Å². The molecule has 1 fully saturated rings. The van der Waals surface area contributed by atoms with E-state index in [0.29, 0.717) is 37.0 Å². The zero-order chi connectivity index (χ0) is 29.9. The first kappa shape index (κ1) is 31.3. The van der Waals surface area contributed by atoms with Crippen molar-refractivity contribution in [1.82, 2.24) is 25.3 Å². The van der Waals surface area contributed by atoms with E-state index in [9.17, 15) is 9.90 Å². The fourth-order valence-corrected chi connectivity index (χ4v) is 4.59. The highest BCUT2D eigenvalue weighted by Gasteiger charge is 2.26. The molecule has 0 saturated carbocycles. The molecule has 41 heavy (non-hydrogen) atoms. The molecule has 13 nitrogen and oxygen atoms in total. The number of likely N-dealkylation sites (tertiary alicyclic amines) is 1. The lowest BCUT2D eigenvalue weighted by molar-refractivity contribution is -0.122. The van der Waals surface area contributed by atoms with Crippen LogP contribution < -0.4 is 15.4 Å². The van der Waals surface area contributed by atoms with Gasteiger partial charge in [-0.25, -0.2) is 14.8 Å². The highest BCUT2D eigenvalue weighted by atomic mass is 16.5. The Balaban J connectivity index is 0.00000147. The molecular formula is C28H38N6O7. The molecule has 0 spiro atoms. The number of carboxylic acid groups (broad SMARTS) is 1. The summed E-state index contributed by atoms with van der Waals surface area (Å²) in [5.41, 5.74) is 4.01. The third-order valence-corrected chi connectivity index (χ3v) is 6.66. The molecule has 3 heterocycles. The number of amides is 1. The van der Waals surface area contributed by atoms with E-state index >= 15 is 0 Å². The van der Waals surface area contributed by atoms with Crippen molar-refractivity contribution < 1.29 is 33.8 Å². The number of hydrogen-bond acceptors (Lipinski definition) is 11. The first-order valence-corrected chi connectivity index (χ1v) is 13.3. The number of nitrogens with zero attached hydrogens (tertiary/aromatic N) is 4. The van der Waals surface area contributed by atoms with Crippen LogP contribution in [0.25, 0.3) is 22.6 Å². The number of anilines is 1. The second-order valence-electron chi connectivity index (χ2n) is 9.60. The predicted molar refractivity (Wildman–Crippen MR) is 152 cm³/mol. The normalized spacial score (nSPS) is 14.0. The van der Waals surface area contributed by atoms with Crippen molar-refractivity contribution >= 4 is 18.4 Å². The topological polar surface area (TPSA) is 172 Å². The number of rotatable bonds is 9. The number of nitrogens with one attached hydrogen (secondary N) is 2. The molecule has 1 aromatic carbocycles. The number of benzene rings is 1. The molecule has 3 aromatic rings. The Hall–Kier alpha value is -4.23. The van der Waals surface area contributed by atoms with Gasteiger partial charge in [0.15, 0.2) is 5.82 Å². The molecule has 1 amide bonds. The summed E-state index contributed by atoms with van der Waals surface area (Å²) in [6.07, 6.45) is 0.622. The maximum absolute atomic E-state index is 11.9. The van der Waals surface area contributed by atoms with Crippen LogP contribution in [0.3, 0.4) is 0 Å². The van der Waals surface area contributed by atoms with E-state index in [-0.39, 0.29) is 25.2 Å². The van der Waals surface area contributed by atoms with Crippen molar-refractivity contribution in [3.05, 3.63) is 41.3 Å². The second kappa shape index (κ2) is 15.0. The van der Waals surface area contributed by atoms with Gasteiger partial charge in [0.25, 0.3) is 6.47 Å². The number of ether oxygens (including phenoxy) is 2. The molecule has 1 saturated heterocycles. The molecule has 4 rings (SSSR count). The van der Waals surface area contributed by atoms with E-state index in [0.717, 1.165) is 46.7 Å². The van der Waals surface area contributed by atoms with Crippen LogP contribution in [-0.2, 0) is 9.53 Å². The van der Waals surface area contributed by atoms with Crippen molar-refractivity contribution in [1.29, 1.82) is 0 Å². The Morgan fingerprint density at radius 3 is 2.56 bits per heavy atom. The lowest BCUT2D eigenvalue weighted by atomic mass is 10.0. The summed E-state index contributed by atoms with van der Waals surface area (Å²) in [5, 5.41) is 27.6. The van der Waals surface area contributed by atoms with Gasteiger partial charge in [-0.05, 0) is 52.8 Å². The van der Waals surface area contributed by atoms with Crippen LogP contribution in [0, 0.1) is 20.8 Å². The molecular weight excluding hydrogens is 532 g/mol. The first-order chi connectivity index (χ1) is 19.7. The van der Waals surface area contributed by atoms with Gasteiger partial charge in [-0.1, -0.05) is 17.3 Å². The fourth-order valence-electron chi connectivity index (χ4n) is 4.59. The minimum Gasteiger partial charge on any atom is -0.491 e. The highest BCUT2D eigenvalue weighted by Crippen LogP contribution is 2.34. The minimum absolute atomic E-state index is 0.137. The standard InChI is InChI=1S/C27H36N6O5.CH2O2/c1-16-24(23-17(2)32-38-18(23)3)30-26(19-7-6-8-22(13-19)37-15-21(34)14-28-4)31-25(16)29-20-9-11-33(12-10-20)27(35)36-5;2-1-3/h6-8,13,20-21,28,34H,9-12,14-15H2,1-5H3,(H,29,30,31);1H,(H,2,3). The van der Waals surface area contributed by atoms with Crippen molar-refractivity contribution in [2.75, 3.05) is 45.7 Å². The molecule has 1 aliphatic heterocycles. The van der Waals surface area contributed by atoms with Crippen molar-refractivity contribution in [3.8, 4) is 28.4 Å². The number of carbonyl (C=O) groups excluding carboxylic acids is 1. The molecule has 13 heteroatoms. The SMILES string of the molecule is CNCC(O)COc1cccc(-c2nc(NC3CCN(C(=O)OC)CC3)c(C)c(-c3c(C)noc3C)n2)c1.O=CO. The molecule has 222 valence electrons. The number of methoxy groups -OCH3 is 1. The van der Waals surface area contributed by atoms with Crippen LogP contribution in [0.4, 0.5) is 10.6 Å². The Morgan fingerprint density at radius 1 is 1.24 bits per heavy atom. The van der Waals surface area contributed by atoms with Crippen LogP contribution >= 0.6 is 0 Å². The fraction of sp³-hybridized carbons (Fsp3) is 0.464. The number of aliphatic hydroxyl groups is 1. The van der Waals surface area contributed by atoms with Crippen molar-refractivity contribution in [2.24, 2.45) is 0 Å². The van der Waals surface area contributed by atoms with Crippen LogP contribution in [0.2, 0.25) is 0 Å². The molecule has 1 aliphatic rings. The van der Waals surface area contributed by atoms with Gasteiger partial charge in [0.2, 0.25) is 0 Å². The summed E-state index contributed by atoms with van der Waals surface area (Å²) >= 11 is 0. The second-order valence-corrected chi connectivity index (χ2v) is 9.60. The summed E-state index contributed by atoms with van der Waals surface area (Å²) < 4.78 is 16.1. The number of likely N-dealkylation sites (N-methyl/N-ethyl adjacent to an activating group) is 1. The molecule has 0 bridgehead atoms. The molecule has 0 radical (unpaired) electrons. The summed E-state index contributed by atoms with van der Waals surface area (Å²) in [6, 6.07) is 7.65. The van der Waals surface area contributed by atoms with E-state index < -0.39 is 6.10 Å². The third-order valence-electron chi connectivity index (χ3n) is 6.66. The first-order valence-electron chi connectivity index (χ1n) is 13.3. The van der Waals surface area contributed by atoms with E-state index in [2.05, 4.69) is 15.8 Å². The third kappa shape index (κ3) is 8.14. The van der Waals surface area contributed by atoms with Crippen molar-refractivity contribution in [3.63, 3.8) is 0 Å². The van der Waals surface area contributed by atoms with Gasteiger partial charge >= 0.3 is 6.09 Å². The van der Waals surface area contributed by atoms with E-state index in [4.69, 9.17) is 33.9 Å². The van der Waals surface area contributed by atoms with Gasteiger partial charge in [-0.3, -0.25) is 4.79 Å². The number of aromatic nitrogens is 3. The maximum Gasteiger partial charge on any atom is 0.409 e. The maximum atomic E-state index is 11.9. The van der Waals surface area contributed by atoms with Gasteiger partial charge in [-0.15, -0.1) is 0 Å². The molecule has 1 atom stereocenters. The van der Waals surface area contributed by atoms with Crippen LogP contribution in [0.5, 0.6) is 5.75 Å². The number of hydrogen-bond donors (Lipinski definition) is 4. The summed E-state index contributed by atoms with van der Waals surface area (Å²) in [7, 11) is 3.18. The lowest BCUT2D eigenvalue weighted by Crippen LogP contribution is -2.42. The predicted octanol–water partition coefficient (Wildman–Crippen LogP) is 3.03. The van der Waals surface area contributed by atoms with E-state index in [1.54, 1.807) is 11.9 Å². The van der Waals surface area contributed by atoms with Gasteiger partial charge in [-0.2, -0.15) is 0 Å². The molecule has 4 N–H and O–H groups in total. The summed E-state index contributed by atoms with van der Waals surface area (Å²) in [5.74, 6) is 2.55. The Labute approximate surface area is 238 Å². The molecule has 2 aromatic heterocycles. The van der Waals surface area contributed by atoms with Gasteiger partial charge < -0.3 is 39.7 Å².